The van der Waals surface area contributed by atoms with E-state index in [4.69, 9.17) is 5.11 Å². The SMILES string of the molecule is CCC(C)C(C)C(=O)N1CCCC(C(=O)O)C1. The maximum atomic E-state index is 12.2. The fourth-order valence-electron chi connectivity index (χ4n) is 2.26. The molecule has 98 valence electrons. The second-order valence-corrected chi connectivity index (χ2v) is 5.14. The smallest absolute Gasteiger partial charge is 0.308 e. The molecule has 17 heavy (non-hydrogen) atoms. The first-order valence-electron chi connectivity index (χ1n) is 6.49. The van der Waals surface area contributed by atoms with Crippen LogP contribution in [0.4, 0.5) is 0 Å². The highest BCUT2D eigenvalue weighted by Gasteiger charge is 2.31. The van der Waals surface area contributed by atoms with Gasteiger partial charge in [-0.15, -0.1) is 0 Å². The van der Waals surface area contributed by atoms with Crippen molar-refractivity contribution in [3.05, 3.63) is 0 Å². The van der Waals surface area contributed by atoms with Crippen LogP contribution >= 0.6 is 0 Å². The maximum absolute atomic E-state index is 12.2. The van der Waals surface area contributed by atoms with Crippen LogP contribution in [-0.2, 0) is 9.59 Å². The summed E-state index contributed by atoms with van der Waals surface area (Å²) in [5, 5.41) is 8.99. The average Bonchev–Trinajstić information content (AvgIpc) is 2.36. The fourth-order valence-corrected chi connectivity index (χ4v) is 2.26. The molecule has 1 amide bonds. The minimum Gasteiger partial charge on any atom is -0.481 e. The third-order valence-corrected chi connectivity index (χ3v) is 3.97. The molecule has 1 N–H and O–H groups in total. The molecule has 1 fully saturated rings. The summed E-state index contributed by atoms with van der Waals surface area (Å²) in [6.07, 6.45) is 2.47. The third-order valence-electron chi connectivity index (χ3n) is 3.97. The zero-order valence-corrected chi connectivity index (χ0v) is 11.0. The molecular formula is C13H23NO3. The van der Waals surface area contributed by atoms with Crippen LogP contribution in [0.3, 0.4) is 0 Å². The number of aliphatic carboxylic acids is 1. The number of hydrogen-bond donors (Lipinski definition) is 1. The molecule has 0 saturated carbocycles. The minimum atomic E-state index is -0.779. The Hall–Kier alpha value is -1.06. The van der Waals surface area contributed by atoms with Crippen molar-refractivity contribution >= 4 is 11.9 Å². The van der Waals surface area contributed by atoms with E-state index in [1.54, 1.807) is 4.90 Å². The van der Waals surface area contributed by atoms with Gasteiger partial charge in [-0.2, -0.15) is 0 Å². The lowest BCUT2D eigenvalue weighted by Crippen LogP contribution is -2.45. The van der Waals surface area contributed by atoms with E-state index in [1.807, 2.05) is 6.92 Å². The molecule has 4 heteroatoms. The Kier molecular flexibility index (Phi) is 4.97. The molecule has 3 atom stereocenters. The van der Waals surface area contributed by atoms with Gasteiger partial charge in [-0.05, 0) is 18.8 Å². The van der Waals surface area contributed by atoms with E-state index in [9.17, 15) is 9.59 Å². The number of carboxylic acid groups (broad SMARTS) is 1. The molecule has 4 nitrogen and oxygen atoms in total. The Morgan fingerprint density at radius 2 is 2.06 bits per heavy atom. The first-order valence-corrected chi connectivity index (χ1v) is 6.49. The van der Waals surface area contributed by atoms with Crippen molar-refractivity contribution in [3.63, 3.8) is 0 Å². The Bertz CT molecular complexity index is 290. The van der Waals surface area contributed by atoms with E-state index in [0.29, 0.717) is 25.4 Å². The predicted octanol–water partition coefficient (Wildman–Crippen LogP) is 1.99. The van der Waals surface area contributed by atoms with Gasteiger partial charge >= 0.3 is 5.97 Å². The molecule has 1 heterocycles. The highest BCUT2D eigenvalue weighted by atomic mass is 16.4. The molecule has 1 aliphatic rings. The number of likely N-dealkylation sites (tertiary alicyclic amines) is 1. The van der Waals surface area contributed by atoms with Gasteiger partial charge in [0.05, 0.1) is 5.92 Å². The van der Waals surface area contributed by atoms with Crippen molar-refractivity contribution in [1.29, 1.82) is 0 Å². The van der Waals surface area contributed by atoms with Gasteiger partial charge in [0.15, 0.2) is 0 Å². The van der Waals surface area contributed by atoms with E-state index in [-0.39, 0.29) is 17.7 Å². The normalized spacial score (nSPS) is 24.2. The predicted molar refractivity (Wildman–Crippen MR) is 65.6 cm³/mol. The van der Waals surface area contributed by atoms with Crippen molar-refractivity contribution in [3.8, 4) is 0 Å². The highest BCUT2D eigenvalue weighted by Crippen LogP contribution is 2.22. The van der Waals surface area contributed by atoms with Crippen LogP contribution in [0.5, 0.6) is 0 Å². The molecule has 0 aromatic heterocycles. The molecule has 1 saturated heterocycles. The Labute approximate surface area is 103 Å². The zero-order valence-electron chi connectivity index (χ0n) is 11.0. The van der Waals surface area contributed by atoms with Gasteiger partial charge in [0.1, 0.15) is 0 Å². The lowest BCUT2D eigenvalue weighted by atomic mass is 9.90. The standard InChI is InChI=1S/C13H23NO3/c1-4-9(2)10(3)12(15)14-7-5-6-11(8-14)13(16)17/h9-11H,4-8H2,1-3H3,(H,16,17). The van der Waals surface area contributed by atoms with Crippen LogP contribution in [0.2, 0.25) is 0 Å². The molecule has 0 bridgehead atoms. The number of hydrogen-bond acceptors (Lipinski definition) is 2. The summed E-state index contributed by atoms with van der Waals surface area (Å²) < 4.78 is 0. The summed E-state index contributed by atoms with van der Waals surface area (Å²) in [4.78, 5) is 24.9. The summed E-state index contributed by atoms with van der Waals surface area (Å²) in [7, 11) is 0. The monoisotopic (exact) mass is 241 g/mol. The van der Waals surface area contributed by atoms with Gasteiger partial charge in [0, 0.05) is 19.0 Å². The summed E-state index contributed by atoms with van der Waals surface area (Å²) in [6, 6.07) is 0. The van der Waals surface area contributed by atoms with E-state index in [2.05, 4.69) is 13.8 Å². The number of amides is 1. The second kappa shape index (κ2) is 6.03. The number of nitrogens with zero attached hydrogens (tertiary/aromatic N) is 1. The van der Waals surface area contributed by atoms with Gasteiger partial charge < -0.3 is 10.0 Å². The Morgan fingerprint density at radius 1 is 1.41 bits per heavy atom. The fraction of sp³-hybridized carbons (Fsp3) is 0.846. The molecule has 0 aromatic rings. The van der Waals surface area contributed by atoms with Crippen LogP contribution in [0.25, 0.3) is 0 Å². The van der Waals surface area contributed by atoms with Gasteiger partial charge in [-0.3, -0.25) is 9.59 Å². The van der Waals surface area contributed by atoms with Crippen molar-refractivity contribution in [1.82, 2.24) is 4.90 Å². The summed E-state index contributed by atoms with van der Waals surface area (Å²) >= 11 is 0. The van der Waals surface area contributed by atoms with Gasteiger partial charge in [-0.1, -0.05) is 27.2 Å². The van der Waals surface area contributed by atoms with E-state index in [0.717, 1.165) is 12.8 Å². The lowest BCUT2D eigenvalue weighted by Gasteiger charge is -2.33. The highest BCUT2D eigenvalue weighted by molar-refractivity contribution is 5.80. The molecule has 0 spiro atoms. The van der Waals surface area contributed by atoms with Crippen LogP contribution in [0.15, 0.2) is 0 Å². The first kappa shape index (κ1) is 14.0. The number of carbonyl (C=O) groups excluding carboxylic acids is 1. The Morgan fingerprint density at radius 3 is 2.59 bits per heavy atom. The molecule has 1 aliphatic heterocycles. The summed E-state index contributed by atoms with van der Waals surface area (Å²) in [6.45, 7) is 7.19. The number of rotatable bonds is 4. The van der Waals surface area contributed by atoms with E-state index < -0.39 is 5.97 Å². The van der Waals surface area contributed by atoms with Crippen molar-refractivity contribution in [2.45, 2.75) is 40.0 Å². The van der Waals surface area contributed by atoms with Crippen molar-refractivity contribution in [2.24, 2.45) is 17.8 Å². The van der Waals surface area contributed by atoms with Crippen LogP contribution < -0.4 is 0 Å². The molecule has 3 unspecified atom stereocenters. The van der Waals surface area contributed by atoms with Crippen LogP contribution in [-0.4, -0.2) is 35.0 Å². The molecular weight excluding hydrogens is 218 g/mol. The number of piperidine rings is 1. The lowest BCUT2D eigenvalue weighted by molar-refractivity contribution is -0.147. The first-order chi connectivity index (χ1) is 7.97. The topological polar surface area (TPSA) is 57.6 Å². The van der Waals surface area contributed by atoms with E-state index >= 15 is 0 Å². The van der Waals surface area contributed by atoms with Crippen molar-refractivity contribution in [2.75, 3.05) is 13.1 Å². The quantitative estimate of drug-likeness (QED) is 0.819. The van der Waals surface area contributed by atoms with E-state index in [1.165, 1.54) is 0 Å². The molecule has 0 radical (unpaired) electrons. The van der Waals surface area contributed by atoms with Crippen LogP contribution in [0.1, 0.15) is 40.0 Å². The molecule has 1 rings (SSSR count). The van der Waals surface area contributed by atoms with Gasteiger partial charge in [0.2, 0.25) is 5.91 Å². The van der Waals surface area contributed by atoms with Gasteiger partial charge in [-0.25, -0.2) is 0 Å². The second-order valence-electron chi connectivity index (χ2n) is 5.14. The average molecular weight is 241 g/mol. The molecule has 0 aromatic carbocycles. The van der Waals surface area contributed by atoms with Crippen molar-refractivity contribution < 1.29 is 14.7 Å². The molecule has 0 aliphatic carbocycles. The maximum Gasteiger partial charge on any atom is 0.308 e. The number of carbonyl (C=O) groups is 2. The third kappa shape index (κ3) is 3.45. The summed E-state index contributed by atoms with van der Waals surface area (Å²) in [5.74, 6) is -0.693. The largest absolute Gasteiger partial charge is 0.481 e. The van der Waals surface area contributed by atoms with Gasteiger partial charge in [0.25, 0.3) is 0 Å². The zero-order chi connectivity index (χ0) is 13.0. The number of carboxylic acids is 1. The summed E-state index contributed by atoms with van der Waals surface area (Å²) in [5.41, 5.74) is 0. The minimum absolute atomic E-state index is 0.00690. The van der Waals surface area contributed by atoms with Crippen LogP contribution in [0, 0.1) is 17.8 Å². The Balaban J connectivity index is 2.60.